The van der Waals surface area contributed by atoms with E-state index >= 15 is 0 Å². The van der Waals surface area contributed by atoms with Crippen LogP contribution in [0.4, 0.5) is 5.82 Å². The molecule has 1 aliphatic rings. The highest BCUT2D eigenvalue weighted by Crippen LogP contribution is 2.29. The van der Waals surface area contributed by atoms with Crippen molar-refractivity contribution in [1.82, 2.24) is 9.78 Å². The maximum Gasteiger partial charge on any atom is 0.149 e. The number of fused-ring (bicyclic) bond motifs is 1. The van der Waals surface area contributed by atoms with Crippen LogP contribution >= 0.6 is 11.8 Å². The number of anilines is 1. The Labute approximate surface area is 105 Å². The first-order valence-corrected chi connectivity index (χ1v) is 7.03. The fraction of sp³-hybridized carbons (Fsp3) is 0.308. The SMILES string of the molecule is CSc1cccc(-n2nc(N)c3c2CCC3)c1. The lowest BCUT2D eigenvalue weighted by Gasteiger charge is -2.06. The lowest BCUT2D eigenvalue weighted by Crippen LogP contribution is -2.01. The van der Waals surface area contributed by atoms with Crippen molar-refractivity contribution >= 4 is 17.6 Å². The van der Waals surface area contributed by atoms with Crippen LogP contribution < -0.4 is 5.73 Å². The van der Waals surface area contributed by atoms with Gasteiger partial charge in [-0.3, -0.25) is 0 Å². The van der Waals surface area contributed by atoms with E-state index in [4.69, 9.17) is 5.73 Å². The molecule has 0 atom stereocenters. The van der Waals surface area contributed by atoms with Crippen molar-refractivity contribution in [2.45, 2.75) is 24.2 Å². The third kappa shape index (κ3) is 1.72. The second-order valence-corrected chi connectivity index (χ2v) is 5.16. The average Bonchev–Trinajstić information content (AvgIpc) is 2.94. The minimum absolute atomic E-state index is 0.701. The van der Waals surface area contributed by atoms with Crippen molar-refractivity contribution in [3.63, 3.8) is 0 Å². The van der Waals surface area contributed by atoms with E-state index in [1.807, 2.05) is 4.68 Å². The molecule has 0 saturated carbocycles. The van der Waals surface area contributed by atoms with Crippen LogP contribution in [0.1, 0.15) is 17.7 Å². The number of nitrogen functional groups attached to an aromatic ring is 1. The third-order valence-electron chi connectivity index (χ3n) is 3.26. The number of aromatic nitrogens is 2. The highest BCUT2D eigenvalue weighted by Gasteiger charge is 2.21. The first-order chi connectivity index (χ1) is 8.29. The van der Waals surface area contributed by atoms with Crippen LogP contribution in [-0.2, 0) is 12.8 Å². The van der Waals surface area contributed by atoms with Gasteiger partial charge in [0.05, 0.1) is 5.69 Å². The predicted molar refractivity (Wildman–Crippen MR) is 71.8 cm³/mol. The maximum absolute atomic E-state index is 5.96. The summed E-state index contributed by atoms with van der Waals surface area (Å²) in [4.78, 5) is 1.25. The van der Waals surface area contributed by atoms with Crippen LogP contribution in [-0.4, -0.2) is 16.0 Å². The molecule has 2 N–H and O–H groups in total. The molecular weight excluding hydrogens is 230 g/mol. The van der Waals surface area contributed by atoms with Crippen LogP contribution in [0, 0.1) is 0 Å². The van der Waals surface area contributed by atoms with E-state index in [0.29, 0.717) is 5.82 Å². The number of hydrogen-bond acceptors (Lipinski definition) is 3. The number of hydrogen-bond donors (Lipinski definition) is 1. The van der Waals surface area contributed by atoms with Crippen molar-refractivity contribution in [2.75, 3.05) is 12.0 Å². The van der Waals surface area contributed by atoms with Gasteiger partial charge in [-0.25, -0.2) is 4.68 Å². The van der Waals surface area contributed by atoms with E-state index in [2.05, 4.69) is 35.6 Å². The molecule has 1 aromatic carbocycles. The summed E-state index contributed by atoms with van der Waals surface area (Å²) in [6.45, 7) is 0. The summed E-state index contributed by atoms with van der Waals surface area (Å²) in [5.41, 5.74) is 9.62. The zero-order valence-corrected chi connectivity index (χ0v) is 10.6. The predicted octanol–water partition coefficient (Wildman–Crippen LogP) is 2.67. The number of nitrogens with zero attached hydrogens (tertiary/aromatic N) is 2. The Morgan fingerprint density at radius 1 is 1.35 bits per heavy atom. The second-order valence-electron chi connectivity index (χ2n) is 4.28. The summed E-state index contributed by atoms with van der Waals surface area (Å²) >= 11 is 1.75. The average molecular weight is 245 g/mol. The monoisotopic (exact) mass is 245 g/mol. The van der Waals surface area contributed by atoms with Gasteiger partial charge >= 0.3 is 0 Å². The molecule has 0 spiro atoms. The second kappa shape index (κ2) is 4.11. The summed E-state index contributed by atoms with van der Waals surface area (Å²) < 4.78 is 2.01. The van der Waals surface area contributed by atoms with Gasteiger partial charge in [-0.1, -0.05) is 6.07 Å². The van der Waals surface area contributed by atoms with E-state index in [1.54, 1.807) is 11.8 Å². The van der Waals surface area contributed by atoms with Crippen molar-refractivity contribution in [3.05, 3.63) is 35.5 Å². The fourth-order valence-electron chi connectivity index (χ4n) is 2.42. The number of benzene rings is 1. The molecule has 1 heterocycles. The van der Waals surface area contributed by atoms with Gasteiger partial charge in [-0.05, 0) is 43.7 Å². The topological polar surface area (TPSA) is 43.8 Å². The molecule has 1 aromatic heterocycles. The van der Waals surface area contributed by atoms with E-state index < -0.39 is 0 Å². The summed E-state index contributed by atoms with van der Waals surface area (Å²) in [5, 5.41) is 4.46. The first-order valence-electron chi connectivity index (χ1n) is 5.80. The zero-order valence-electron chi connectivity index (χ0n) is 9.81. The van der Waals surface area contributed by atoms with Crippen molar-refractivity contribution in [2.24, 2.45) is 0 Å². The Bertz CT molecular complexity index is 560. The van der Waals surface area contributed by atoms with Crippen LogP contribution in [0.15, 0.2) is 29.2 Å². The van der Waals surface area contributed by atoms with Crippen molar-refractivity contribution in [1.29, 1.82) is 0 Å². The third-order valence-corrected chi connectivity index (χ3v) is 3.98. The van der Waals surface area contributed by atoms with E-state index in [1.165, 1.54) is 22.6 Å². The van der Waals surface area contributed by atoms with Crippen LogP contribution in [0.3, 0.4) is 0 Å². The standard InChI is InChI=1S/C13H15N3S/c1-17-10-5-2-4-9(8-10)16-12-7-3-6-11(12)13(14)15-16/h2,4-5,8H,3,6-7H2,1H3,(H2,14,15). The quantitative estimate of drug-likeness (QED) is 0.827. The Kier molecular flexibility index (Phi) is 2.59. The Morgan fingerprint density at radius 3 is 3.06 bits per heavy atom. The Hall–Kier alpha value is -1.42. The van der Waals surface area contributed by atoms with Gasteiger partial charge in [-0.15, -0.1) is 11.8 Å². The summed E-state index contributed by atoms with van der Waals surface area (Å²) in [5.74, 6) is 0.701. The van der Waals surface area contributed by atoms with Gasteiger partial charge in [0.2, 0.25) is 0 Å². The molecule has 0 fully saturated rings. The molecule has 0 unspecified atom stereocenters. The molecule has 0 bridgehead atoms. The van der Waals surface area contributed by atoms with Gasteiger partial charge < -0.3 is 5.73 Å². The molecule has 88 valence electrons. The van der Waals surface area contributed by atoms with Gasteiger partial charge in [0.15, 0.2) is 0 Å². The Morgan fingerprint density at radius 2 is 2.24 bits per heavy atom. The molecule has 3 rings (SSSR count). The van der Waals surface area contributed by atoms with Crippen LogP contribution in [0.5, 0.6) is 0 Å². The maximum atomic E-state index is 5.96. The van der Waals surface area contributed by atoms with Crippen molar-refractivity contribution < 1.29 is 0 Å². The van der Waals surface area contributed by atoms with E-state index in [0.717, 1.165) is 18.5 Å². The molecular formula is C13H15N3S. The molecule has 3 nitrogen and oxygen atoms in total. The van der Waals surface area contributed by atoms with Gasteiger partial charge in [-0.2, -0.15) is 5.10 Å². The number of thioether (sulfide) groups is 1. The lowest BCUT2D eigenvalue weighted by molar-refractivity contribution is 0.787. The largest absolute Gasteiger partial charge is 0.382 e. The summed E-state index contributed by atoms with van der Waals surface area (Å²) in [7, 11) is 0. The summed E-state index contributed by atoms with van der Waals surface area (Å²) in [6.07, 6.45) is 5.44. The molecule has 0 aliphatic heterocycles. The highest BCUT2D eigenvalue weighted by molar-refractivity contribution is 7.98. The lowest BCUT2D eigenvalue weighted by atomic mass is 10.2. The minimum atomic E-state index is 0.701. The molecule has 0 radical (unpaired) electrons. The minimum Gasteiger partial charge on any atom is -0.382 e. The van der Waals surface area contributed by atoms with Gasteiger partial charge in [0, 0.05) is 16.2 Å². The number of nitrogens with two attached hydrogens (primary N) is 1. The van der Waals surface area contributed by atoms with Crippen LogP contribution in [0.2, 0.25) is 0 Å². The molecule has 0 amide bonds. The van der Waals surface area contributed by atoms with Crippen molar-refractivity contribution in [3.8, 4) is 5.69 Å². The first kappa shape index (κ1) is 10.7. The van der Waals surface area contributed by atoms with Gasteiger partial charge in [0.1, 0.15) is 5.82 Å². The highest BCUT2D eigenvalue weighted by atomic mass is 32.2. The summed E-state index contributed by atoms with van der Waals surface area (Å²) in [6, 6.07) is 8.43. The number of rotatable bonds is 2. The fourth-order valence-corrected chi connectivity index (χ4v) is 2.87. The van der Waals surface area contributed by atoms with Crippen LogP contribution in [0.25, 0.3) is 5.69 Å². The zero-order chi connectivity index (χ0) is 11.8. The van der Waals surface area contributed by atoms with Gasteiger partial charge in [0.25, 0.3) is 0 Å². The normalized spacial score (nSPS) is 13.9. The molecule has 4 heteroatoms. The smallest absolute Gasteiger partial charge is 0.149 e. The van der Waals surface area contributed by atoms with E-state index in [-0.39, 0.29) is 0 Å². The molecule has 17 heavy (non-hydrogen) atoms. The molecule has 2 aromatic rings. The molecule has 0 saturated heterocycles. The van der Waals surface area contributed by atoms with E-state index in [9.17, 15) is 0 Å². The Balaban J connectivity index is 2.12. The molecule has 1 aliphatic carbocycles.